The number of nitrogens with one attached hydrogen (secondary N) is 1. The highest BCUT2D eigenvalue weighted by Crippen LogP contribution is 2.47. The Morgan fingerprint density at radius 3 is 2.71 bits per heavy atom. The number of carbonyl (C=O) groups excluding carboxylic acids is 2. The third kappa shape index (κ3) is 4.28. The number of likely N-dealkylation sites (N-methyl/N-ethyl adjacent to an activating group) is 1. The molecule has 2 amide bonds. The molecule has 2 heterocycles. The van der Waals surface area contributed by atoms with E-state index in [9.17, 15) is 23.9 Å². The molecule has 1 saturated carbocycles. The number of halogens is 3. The third-order valence-corrected chi connectivity index (χ3v) is 6.80. The van der Waals surface area contributed by atoms with Gasteiger partial charge in [-0.3, -0.25) is 14.4 Å². The first-order chi connectivity index (χ1) is 15.7. The van der Waals surface area contributed by atoms with Gasteiger partial charge < -0.3 is 24.6 Å². The number of methoxy groups -OCH3 is 1. The number of benzene rings is 1. The minimum Gasteiger partial charge on any atom is -0.503 e. The van der Waals surface area contributed by atoms with Crippen LogP contribution in [0.15, 0.2) is 29.2 Å². The predicted molar refractivity (Wildman–Crippen MR) is 126 cm³/mol. The zero-order valence-electron chi connectivity index (χ0n) is 18.8. The fourth-order valence-corrected chi connectivity index (χ4v) is 5.25. The fourth-order valence-electron chi connectivity index (χ4n) is 5.06. The van der Waals surface area contributed by atoms with E-state index < -0.39 is 34.3 Å². The van der Waals surface area contributed by atoms with Crippen molar-refractivity contribution >= 4 is 35.8 Å². The molecule has 1 fully saturated rings. The van der Waals surface area contributed by atoms with Gasteiger partial charge in [0.1, 0.15) is 11.4 Å². The van der Waals surface area contributed by atoms with Crippen LogP contribution in [0, 0.1) is 11.7 Å². The third-order valence-electron chi connectivity index (χ3n) is 6.51. The van der Waals surface area contributed by atoms with Crippen LogP contribution >= 0.6 is 24.0 Å². The van der Waals surface area contributed by atoms with Crippen molar-refractivity contribution in [1.82, 2.24) is 14.8 Å². The van der Waals surface area contributed by atoms with Crippen molar-refractivity contribution in [2.24, 2.45) is 5.92 Å². The predicted octanol–water partition coefficient (Wildman–Crippen LogP) is 2.97. The van der Waals surface area contributed by atoms with E-state index in [0.717, 1.165) is 12.8 Å². The van der Waals surface area contributed by atoms with E-state index in [2.05, 4.69) is 5.32 Å². The maximum absolute atomic E-state index is 14.1. The molecule has 0 atom stereocenters. The van der Waals surface area contributed by atoms with E-state index in [1.807, 2.05) is 6.92 Å². The van der Waals surface area contributed by atoms with Crippen molar-refractivity contribution in [2.45, 2.75) is 38.4 Å². The minimum atomic E-state index is -0.948. The second-order valence-corrected chi connectivity index (χ2v) is 9.00. The highest BCUT2D eigenvalue weighted by Gasteiger charge is 2.53. The Morgan fingerprint density at radius 2 is 2.06 bits per heavy atom. The molecule has 8 nitrogen and oxygen atoms in total. The van der Waals surface area contributed by atoms with Crippen LogP contribution in [0.2, 0.25) is 5.02 Å². The number of aromatic hydroxyl groups is 1. The molecule has 1 aromatic heterocycles. The molecule has 4 rings (SSSR count). The van der Waals surface area contributed by atoms with Crippen molar-refractivity contribution in [1.29, 1.82) is 0 Å². The van der Waals surface area contributed by atoms with E-state index in [1.54, 1.807) is 18.1 Å². The average Bonchev–Trinajstić information content (AvgIpc) is 2.76. The number of amides is 2. The Hall–Kier alpha value is -2.62. The molecule has 11 heteroatoms. The van der Waals surface area contributed by atoms with Crippen molar-refractivity contribution in [3.63, 3.8) is 0 Å². The summed E-state index contributed by atoms with van der Waals surface area (Å²) in [6, 6.07) is 4.40. The first kappa shape index (κ1) is 26.0. The van der Waals surface area contributed by atoms with Gasteiger partial charge in [-0.1, -0.05) is 23.7 Å². The molecule has 1 spiro atoms. The van der Waals surface area contributed by atoms with Gasteiger partial charge in [0.25, 0.3) is 11.8 Å². The van der Waals surface area contributed by atoms with Gasteiger partial charge >= 0.3 is 0 Å². The smallest absolute Gasteiger partial charge is 0.275 e. The number of aromatic nitrogens is 1. The average molecular weight is 514 g/mol. The molecule has 1 aliphatic heterocycles. The van der Waals surface area contributed by atoms with Gasteiger partial charge in [-0.15, -0.1) is 12.4 Å². The number of fused-ring (bicyclic) bond motifs is 1. The maximum atomic E-state index is 14.1. The molecule has 34 heavy (non-hydrogen) atoms. The van der Waals surface area contributed by atoms with Gasteiger partial charge in [-0.25, -0.2) is 4.39 Å². The molecule has 2 N–H and O–H groups in total. The highest BCUT2D eigenvalue weighted by atomic mass is 35.5. The molecular formula is C23H26Cl2FN3O5. The second kappa shape index (κ2) is 9.93. The molecule has 0 unspecified atom stereocenters. The van der Waals surface area contributed by atoms with Crippen LogP contribution in [-0.2, 0) is 17.8 Å². The summed E-state index contributed by atoms with van der Waals surface area (Å²) in [5, 5.41) is 13.0. The fraction of sp³-hybridized carbons (Fsp3) is 0.435. The number of rotatable bonds is 6. The van der Waals surface area contributed by atoms with Crippen molar-refractivity contribution in [2.75, 3.05) is 20.3 Å². The first-order valence-corrected chi connectivity index (χ1v) is 11.1. The lowest BCUT2D eigenvalue weighted by molar-refractivity contribution is -0.0533. The quantitative estimate of drug-likeness (QED) is 0.618. The molecular weight excluding hydrogens is 488 g/mol. The van der Waals surface area contributed by atoms with Gasteiger partial charge in [0.15, 0.2) is 11.4 Å². The van der Waals surface area contributed by atoms with Crippen LogP contribution < -0.4 is 10.7 Å². The minimum absolute atomic E-state index is 0. The van der Waals surface area contributed by atoms with Gasteiger partial charge in [-0.2, -0.15) is 0 Å². The monoisotopic (exact) mass is 513 g/mol. The topological polar surface area (TPSA) is 101 Å². The number of carbonyl (C=O) groups is 2. The summed E-state index contributed by atoms with van der Waals surface area (Å²) in [7, 11) is 1.63. The summed E-state index contributed by atoms with van der Waals surface area (Å²) in [5.41, 5.74) is -1.69. The van der Waals surface area contributed by atoms with E-state index in [-0.39, 0.29) is 40.8 Å². The normalized spacial score (nSPS) is 21.0. The maximum Gasteiger partial charge on any atom is 0.275 e. The van der Waals surface area contributed by atoms with Crippen molar-refractivity contribution in [3.8, 4) is 5.75 Å². The lowest BCUT2D eigenvalue weighted by atomic mass is 9.66. The van der Waals surface area contributed by atoms with E-state index >= 15 is 0 Å². The largest absolute Gasteiger partial charge is 0.503 e. The van der Waals surface area contributed by atoms with Gasteiger partial charge in [0, 0.05) is 45.1 Å². The van der Waals surface area contributed by atoms with Gasteiger partial charge in [-0.05, 0) is 31.7 Å². The SMILES string of the molecule is CCN1C(=O)c2c(O)c(=O)c(C(=O)NCc3cccc(Cl)c3F)cn2C[C@]12C[C@@H](COC)C2.Cl. The lowest BCUT2D eigenvalue weighted by Crippen LogP contribution is -2.65. The molecule has 1 aliphatic carbocycles. The van der Waals surface area contributed by atoms with Crippen molar-refractivity contribution < 1.29 is 23.8 Å². The molecule has 2 aliphatic rings. The molecule has 1 aromatic carbocycles. The Bertz CT molecular complexity index is 1180. The second-order valence-electron chi connectivity index (χ2n) is 8.60. The standard InChI is InChI=1S/C23H25ClFN3O5.ClH/c1-3-28-22(32)18-20(30)19(29)15(10-27(18)12-23(28)7-13(8-23)11-33-2)21(31)26-9-14-5-4-6-16(24)17(14)25;/h4-6,10,13,30H,3,7-9,11-12H2,1-2H3,(H,26,31);1H/t13-,23-;. The van der Waals surface area contributed by atoms with Crippen LogP contribution in [0.5, 0.6) is 5.75 Å². The molecule has 0 bridgehead atoms. The molecule has 0 saturated heterocycles. The zero-order chi connectivity index (χ0) is 23.9. The van der Waals surface area contributed by atoms with Crippen LogP contribution in [0.25, 0.3) is 0 Å². The zero-order valence-corrected chi connectivity index (χ0v) is 20.3. The van der Waals surface area contributed by atoms with Crippen LogP contribution in [0.4, 0.5) is 4.39 Å². The number of hydrogen-bond acceptors (Lipinski definition) is 5. The van der Waals surface area contributed by atoms with Crippen molar-refractivity contribution in [3.05, 3.63) is 62.3 Å². The summed E-state index contributed by atoms with van der Waals surface area (Å²) >= 11 is 5.77. The van der Waals surface area contributed by atoms with E-state index in [0.29, 0.717) is 25.6 Å². The Labute approximate surface area is 207 Å². The van der Waals surface area contributed by atoms with Gasteiger partial charge in [0.2, 0.25) is 5.43 Å². The lowest BCUT2D eigenvalue weighted by Gasteiger charge is -2.56. The number of hydrogen-bond donors (Lipinski definition) is 2. The van der Waals surface area contributed by atoms with E-state index in [4.69, 9.17) is 16.3 Å². The van der Waals surface area contributed by atoms with Crippen LogP contribution in [0.1, 0.15) is 46.2 Å². The summed E-state index contributed by atoms with van der Waals surface area (Å²) in [6.45, 7) is 3.02. The Balaban J connectivity index is 0.00000324. The first-order valence-electron chi connectivity index (χ1n) is 10.7. The van der Waals surface area contributed by atoms with Crippen LogP contribution in [-0.4, -0.2) is 52.2 Å². The summed E-state index contributed by atoms with van der Waals surface area (Å²) in [6.07, 6.45) is 2.75. The molecule has 184 valence electrons. The van der Waals surface area contributed by atoms with Crippen LogP contribution in [0.3, 0.4) is 0 Å². The Morgan fingerprint density at radius 1 is 1.35 bits per heavy atom. The molecule has 2 aromatic rings. The number of nitrogens with zero attached hydrogens (tertiary/aromatic N) is 2. The highest BCUT2D eigenvalue weighted by molar-refractivity contribution is 6.30. The number of pyridine rings is 1. The summed E-state index contributed by atoms with van der Waals surface area (Å²) < 4.78 is 20.8. The summed E-state index contributed by atoms with van der Waals surface area (Å²) in [5.74, 6) is -2.34. The van der Waals surface area contributed by atoms with E-state index in [1.165, 1.54) is 22.9 Å². The molecule has 0 radical (unpaired) electrons. The van der Waals surface area contributed by atoms with Gasteiger partial charge in [0.05, 0.1) is 10.6 Å². The Kier molecular flexibility index (Phi) is 7.59. The number of ether oxygens (including phenoxy) is 1. The summed E-state index contributed by atoms with van der Waals surface area (Å²) in [4.78, 5) is 40.4.